The Hall–Kier alpha value is -1.62. The van der Waals surface area contributed by atoms with Gasteiger partial charge in [0.05, 0.1) is 20.3 Å². The van der Waals surface area contributed by atoms with E-state index in [1.54, 1.807) is 14.2 Å². The molecule has 4 heteroatoms. The lowest BCUT2D eigenvalue weighted by molar-refractivity contribution is 0.00362. The van der Waals surface area contributed by atoms with Gasteiger partial charge in [0, 0.05) is 19.0 Å². The summed E-state index contributed by atoms with van der Waals surface area (Å²) in [5.74, 6) is 0.889. The fourth-order valence-corrected chi connectivity index (χ4v) is 1.99. The smallest absolute Gasteiger partial charge is 0.126 e. The van der Waals surface area contributed by atoms with Gasteiger partial charge in [-0.25, -0.2) is 0 Å². The third kappa shape index (κ3) is 3.44. The Kier molecular flexibility index (Phi) is 5.15. The highest BCUT2D eigenvalue weighted by molar-refractivity contribution is 5.91. The van der Waals surface area contributed by atoms with Gasteiger partial charge in [-0.1, -0.05) is 30.3 Å². The van der Waals surface area contributed by atoms with Gasteiger partial charge < -0.3 is 9.47 Å². The van der Waals surface area contributed by atoms with Crippen LogP contribution in [-0.4, -0.2) is 27.4 Å². The van der Waals surface area contributed by atoms with Gasteiger partial charge in [-0.2, -0.15) is 5.48 Å². The summed E-state index contributed by atoms with van der Waals surface area (Å²) in [6.07, 6.45) is 0. The quantitative estimate of drug-likeness (QED) is 0.614. The Balaban J connectivity index is 2.11. The van der Waals surface area contributed by atoms with Crippen LogP contribution in [0, 0.1) is 0 Å². The molecule has 2 aromatic rings. The maximum absolute atomic E-state index is 5.37. The van der Waals surface area contributed by atoms with Crippen LogP contribution in [0.25, 0.3) is 10.8 Å². The standard InChI is InChI=1S/C15H19NO3/c1-17-9-10-19-16-11-12-7-8-15(18-2)14-6-4-3-5-13(12)14/h3-8,16H,9-11H2,1-2H3. The molecule has 102 valence electrons. The van der Waals surface area contributed by atoms with Crippen LogP contribution in [0.4, 0.5) is 0 Å². The first-order valence-electron chi connectivity index (χ1n) is 6.25. The first-order valence-corrected chi connectivity index (χ1v) is 6.25. The van der Waals surface area contributed by atoms with Crippen LogP contribution < -0.4 is 10.2 Å². The van der Waals surface area contributed by atoms with Gasteiger partial charge in [0.25, 0.3) is 0 Å². The second kappa shape index (κ2) is 7.09. The van der Waals surface area contributed by atoms with E-state index in [-0.39, 0.29) is 0 Å². The molecule has 0 bridgehead atoms. The van der Waals surface area contributed by atoms with E-state index in [9.17, 15) is 0 Å². The van der Waals surface area contributed by atoms with E-state index in [1.165, 1.54) is 10.9 Å². The summed E-state index contributed by atoms with van der Waals surface area (Å²) in [7, 11) is 3.34. The molecule has 0 aliphatic heterocycles. The molecule has 0 amide bonds. The molecule has 0 radical (unpaired) electrons. The molecule has 4 nitrogen and oxygen atoms in total. The molecule has 0 fully saturated rings. The number of methoxy groups -OCH3 is 2. The molecule has 0 heterocycles. The minimum atomic E-state index is 0.532. The Bertz CT molecular complexity index is 528. The highest BCUT2D eigenvalue weighted by Crippen LogP contribution is 2.28. The second-order valence-corrected chi connectivity index (χ2v) is 4.13. The summed E-state index contributed by atoms with van der Waals surface area (Å²) in [5, 5.41) is 2.28. The molecule has 0 atom stereocenters. The van der Waals surface area contributed by atoms with Gasteiger partial charge in [-0.3, -0.25) is 4.84 Å². The Morgan fingerprint density at radius 3 is 2.47 bits per heavy atom. The van der Waals surface area contributed by atoms with E-state index in [1.807, 2.05) is 24.3 Å². The van der Waals surface area contributed by atoms with Crippen molar-refractivity contribution in [3.05, 3.63) is 42.0 Å². The van der Waals surface area contributed by atoms with Crippen LogP contribution in [0.5, 0.6) is 5.75 Å². The van der Waals surface area contributed by atoms with Gasteiger partial charge in [-0.05, 0) is 17.0 Å². The molecule has 0 aliphatic carbocycles. The Morgan fingerprint density at radius 1 is 0.947 bits per heavy atom. The summed E-state index contributed by atoms with van der Waals surface area (Å²) in [4.78, 5) is 5.28. The maximum Gasteiger partial charge on any atom is 0.126 e. The average Bonchev–Trinajstić information content (AvgIpc) is 2.47. The maximum atomic E-state index is 5.37. The molecular weight excluding hydrogens is 242 g/mol. The third-order valence-electron chi connectivity index (χ3n) is 2.95. The van der Waals surface area contributed by atoms with Gasteiger partial charge in [0.15, 0.2) is 0 Å². The van der Waals surface area contributed by atoms with Crippen molar-refractivity contribution in [2.75, 3.05) is 27.4 Å². The second-order valence-electron chi connectivity index (χ2n) is 4.13. The van der Waals surface area contributed by atoms with Crippen molar-refractivity contribution < 1.29 is 14.3 Å². The topological polar surface area (TPSA) is 39.7 Å². The zero-order valence-corrected chi connectivity index (χ0v) is 11.3. The molecule has 0 saturated carbocycles. The SMILES string of the molecule is COCCONCc1ccc(OC)c2ccccc12. The van der Waals surface area contributed by atoms with Crippen molar-refractivity contribution >= 4 is 10.8 Å². The number of hydrogen-bond donors (Lipinski definition) is 1. The zero-order valence-electron chi connectivity index (χ0n) is 11.3. The summed E-state index contributed by atoms with van der Waals surface area (Å²) < 4.78 is 10.3. The number of nitrogens with one attached hydrogen (secondary N) is 1. The molecule has 19 heavy (non-hydrogen) atoms. The highest BCUT2D eigenvalue weighted by atomic mass is 16.7. The third-order valence-corrected chi connectivity index (χ3v) is 2.95. The molecule has 0 aliphatic rings. The molecule has 0 aromatic heterocycles. The minimum Gasteiger partial charge on any atom is -0.496 e. The van der Waals surface area contributed by atoms with E-state index < -0.39 is 0 Å². The fraction of sp³-hybridized carbons (Fsp3) is 0.333. The van der Waals surface area contributed by atoms with Crippen LogP contribution in [0.1, 0.15) is 5.56 Å². The Morgan fingerprint density at radius 2 is 1.74 bits per heavy atom. The normalized spacial score (nSPS) is 10.8. The number of hydroxylamine groups is 1. The van der Waals surface area contributed by atoms with Crippen molar-refractivity contribution in [1.82, 2.24) is 5.48 Å². The van der Waals surface area contributed by atoms with Crippen LogP contribution in [0.2, 0.25) is 0 Å². The number of ether oxygens (including phenoxy) is 2. The van der Waals surface area contributed by atoms with Gasteiger partial charge in [0.2, 0.25) is 0 Å². The molecule has 0 spiro atoms. The number of benzene rings is 2. The fourth-order valence-electron chi connectivity index (χ4n) is 1.99. The number of fused-ring (bicyclic) bond motifs is 1. The largest absolute Gasteiger partial charge is 0.496 e. The number of rotatable bonds is 7. The van der Waals surface area contributed by atoms with Crippen molar-refractivity contribution in [1.29, 1.82) is 0 Å². The minimum absolute atomic E-state index is 0.532. The van der Waals surface area contributed by atoms with E-state index in [4.69, 9.17) is 14.3 Å². The van der Waals surface area contributed by atoms with E-state index in [0.717, 1.165) is 11.1 Å². The zero-order chi connectivity index (χ0) is 13.5. The summed E-state index contributed by atoms with van der Waals surface area (Å²) >= 11 is 0. The van der Waals surface area contributed by atoms with E-state index >= 15 is 0 Å². The first kappa shape index (κ1) is 13.8. The van der Waals surface area contributed by atoms with Crippen molar-refractivity contribution in [2.45, 2.75) is 6.54 Å². The predicted molar refractivity (Wildman–Crippen MR) is 75.2 cm³/mol. The van der Waals surface area contributed by atoms with Crippen LogP contribution >= 0.6 is 0 Å². The molecule has 2 aromatic carbocycles. The summed E-state index contributed by atoms with van der Waals surface area (Å²) in [6, 6.07) is 12.2. The lowest BCUT2D eigenvalue weighted by atomic mass is 10.0. The van der Waals surface area contributed by atoms with Gasteiger partial charge in [0.1, 0.15) is 5.75 Å². The van der Waals surface area contributed by atoms with Gasteiger partial charge in [-0.15, -0.1) is 0 Å². The molecular formula is C15H19NO3. The van der Waals surface area contributed by atoms with Crippen LogP contribution in [0.15, 0.2) is 36.4 Å². The molecule has 2 rings (SSSR count). The lowest BCUT2D eigenvalue weighted by Crippen LogP contribution is -2.17. The summed E-state index contributed by atoms with van der Waals surface area (Å²) in [6.45, 7) is 1.76. The molecule has 0 saturated heterocycles. The monoisotopic (exact) mass is 261 g/mol. The van der Waals surface area contributed by atoms with Crippen LogP contribution in [0.3, 0.4) is 0 Å². The Labute approximate surface area is 113 Å². The lowest BCUT2D eigenvalue weighted by Gasteiger charge is -2.11. The number of hydrogen-bond acceptors (Lipinski definition) is 4. The van der Waals surface area contributed by atoms with E-state index in [2.05, 4.69) is 17.6 Å². The van der Waals surface area contributed by atoms with Gasteiger partial charge >= 0.3 is 0 Å². The predicted octanol–water partition coefficient (Wildman–Crippen LogP) is 2.52. The van der Waals surface area contributed by atoms with Crippen LogP contribution in [-0.2, 0) is 16.1 Å². The molecule has 1 N–H and O–H groups in total. The highest BCUT2D eigenvalue weighted by Gasteiger charge is 2.05. The average molecular weight is 261 g/mol. The molecule has 0 unspecified atom stereocenters. The first-order chi connectivity index (χ1) is 9.36. The van der Waals surface area contributed by atoms with E-state index in [0.29, 0.717) is 19.8 Å². The summed E-state index contributed by atoms with van der Waals surface area (Å²) in [5.41, 5.74) is 4.12. The van der Waals surface area contributed by atoms with Crippen molar-refractivity contribution in [2.24, 2.45) is 0 Å². The van der Waals surface area contributed by atoms with Crippen molar-refractivity contribution in [3.63, 3.8) is 0 Å². The van der Waals surface area contributed by atoms with Crippen molar-refractivity contribution in [3.8, 4) is 5.75 Å².